The van der Waals surface area contributed by atoms with Gasteiger partial charge in [0.15, 0.2) is 0 Å². The lowest BCUT2D eigenvalue weighted by molar-refractivity contribution is 0.544. The summed E-state index contributed by atoms with van der Waals surface area (Å²) >= 11 is 0. The Morgan fingerprint density at radius 3 is 2.11 bits per heavy atom. The van der Waals surface area contributed by atoms with Gasteiger partial charge in [-0.05, 0) is 35.9 Å². The van der Waals surface area contributed by atoms with Crippen LogP contribution in [0.5, 0.6) is 0 Å². The molecule has 94 valence electrons. The Morgan fingerprint density at radius 2 is 1.50 bits per heavy atom. The summed E-state index contributed by atoms with van der Waals surface area (Å²) in [6, 6.07) is 7.77. The Kier molecular flexibility index (Phi) is 3.64. The van der Waals surface area contributed by atoms with E-state index in [2.05, 4.69) is 5.43 Å². The van der Waals surface area contributed by atoms with Gasteiger partial charge in [-0.3, -0.25) is 5.84 Å². The van der Waals surface area contributed by atoms with E-state index in [0.29, 0.717) is 5.56 Å². The number of hydrazine groups is 1. The molecule has 3 N–H and O–H groups in total. The summed E-state index contributed by atoms with van der Waals surface area (Å²) in [6.45, 7) is 0. The van der Waals surface area contributed by atoms with E-state index in [-0.39, 0.29) is 5.56 Å². The molecule has 18 heavy (non-hydrogen) atoms. The predicted molar refractivity (Wildman–Crippen MR) is 61.9 cm³/mol. The molecule has 0 saturated carbocycles. The molecule has 0 radical (unpaired) electrons. The first-order valence-electron chi connectivity index (χ1n) is 5.28. The third kappa shape index (κ3) is 2.52. The standard InChI is InChI=1S/C13H11F3N2/c14-9-3-1-8(2-4-9)13(18-17)11-7-10(15)5-6-12(11)16/h1-7,13,18H,17H2. The van der Waals surface area contributed by atoms with Crippen LogP contribution in [0.2, 0.25) is 0 Å². The fraction of sp³-hybridized carbons (Fsp3) is 0.0769. The highest BCUT2D eigenvalue weighted by Gasteiger charge is 2.17. The lowest BCUT2D eigenvalue weighted by atomic mass is 9.98. The molecule has 2 aromatic carbocycles. The Bertz CT molecular complexity index is 540. The Labute approximate surface area is 102 Å². The number of nitrogens with one attached hydrogen (secondary N) is 1. The second kappa shape index (κ2) is 5.20. The fourth-order valence-electron chi connectivity index (χ4n) is 1.76. The van der Waals surface area contributed by atoms with Gasteiger partial charge in [-0.15, -0.1) is 0 Å². The number of halogens is 3. The van der Waals surface area contributed by atoms with E-state index in [9.17, 15) is 13.2 Å². The smallest absolute Gasteiger partial charge is 0.128 e. The molecule has 0 aliphatic carbocycles. The lowest BCUT2D eigenvalue weighted by Crippen LogP contribution is -2.29. The van der Waals surface area contributed by atoms with Crippen molar-refractivity contribution in [1.82, 2.24) is 5.43 Å². The van der Waals surface area contributed by atoms with E-state index in [0.717, 1.165) is 18.2 Å². The molecule has 5 heteroatoms. The maximum atomic E-state index is 13.6. The molecule has 0 fully saturated rings. The van der Waals surface area contributed by atoms with Gasteiger partial charge >= 0.3 is 0 Å². The average Bonchev–Trinajstić information content (AvgIpc) is 2.37. The minimum Gasteiger partial charge on any atom is -0.271 e. The molecule has 0 spiro atoms. The summed E-state index contributed by atoms with van der Waals surface area (Å²) in [5.74, 6) is 3.81. The van der Waals surface area contributed by atoms with Crippen LogP contribution in [0.25, 0.3) is 0 Å². The van der Waals surface area contributed by atoms with Gasteiger partial charge in [0.2, 0.25) is 0 Å². The maximum absolute atomic E-state index is 13.6. The Morgan fingerprint density at radius 1 is 0.889 bits per heavy atom. The van der Waals surface area contributed by atoms with Gasteiger partial charge in [0, 0.05) is 5.56 Å². The molecule has 0 aliphatic rings. The van der Waals surface area contributed by atoms with Crippen molar-refractivity contribution >= 4 is 0 Å². The minimum absolute atomic E-state index is 0.0732. The summed E-state index contributed by atoms with van der Waals surface area (Å²) < 4.78 is 39.6. The van der Waals surface area contributed by atoms with Crippen molar-refractivity contribution in [3.63, 3.8) is 0 Å². The number of nitrogens with two attached hydrogens (primary N) is 1. The number of hydrogen-bond acceptors (Lipinski definition) is 2. The Balaban J connectivity index is 2.44. The molecule has 0 saturated heterocycles. The van der Waals surface area contributed by atoms with Crippen molar-refractivity contribution in [2.75, 3.05) is 0 Å². The second-order valence-electron chi connectivity index (χ2n) is 3.82. The van der Waals surface area contributed by atoms with Crippen LogP contribution in [-0.2, 0) is 0 Å². The zero-order chi connectivity index (χ0) is 13.1. The van der Waals surface area contributed by atoms with Crippen LogP contribution >= 0.6 is 0 Å². The van der Waals surface area contributed by atoms with Crippen LogP contribution in [0.1, 0.15) is 17.2 Å². The summed E-state index contributed by atoms with van der Waals surface area (Å²) in [5, 5.41) is 0. The number of benzene rings is 2. The SMILES string of the molecule is NNC(c1ccc(F)cc1)c1cc(F)ccc1F. The molecule has 1 atom stereocenters. The molecule has 0 heterocycles. The van der Waals surface area contributed by atoms with Gasteiger partial charge in [-0.2, -0.15) is 0 Å². The van der Waals surface area contributed by atoms with Gasteiger partial charge in [-0.1, -0.05) is 12.1 Å². The summed E-state index contributed by atoms with van der Waals surface area (Å²) in [7, 11) is 0. The van der Waals surface area contributed by atoms with Crippen LogP contribution in [0.15, 0.2) is 42.5 Å². The minimum atomic E-state index is -0.735. The highest BCUT2D eigenvalue weighted by Crippen LogP contribution is 2.24. The maximum Gasteiger partial charge on any atom is 0.128 e. The van der Waals surface area contributed by atoms with E-state index in [1.807, 2.05) is 0 Å². The lowest BCUT2D eigenvalue weighted by Gasteiger charge is -2.17. The van der Waals surface area contributed by atoms with Crippen molar-refractivity contribution in [1.29, 1.82) is 0 Å². The van der Waals surface area contributed by atoms with Crippen molar-refractivity contribution in [2.45, 2.75) is 6.04 Å². The van der Waals surface area contributed by atoms with Gasteiger partial charge in [0.1, 0.15) is 17.5 Å². The first kappa shape index (κ1) is 12.6. The summed E-state index contributed by atoms with van der Waals surface area (Å²) in [5.41, 5.74) is 3.01. The normalized spacial score (nSPS) is 12.4. The zero-order valence-electron chi connectivity index (χ0n) is 9.33. The van der Waals surface area contributed by atoms with E-state index in [1.54, 1.807) is 0 Å². The fourth-order valence-corrected chi connectivity index (χ4v) is 1.76. The van der Waals surface area contributed by atoms with E-state index in [1.165, 1.54) is 24.3 Å². The third-order valence-electron chi connectivity index (χ3n) is 2.64. The number of hydrogen-bond donors (Lipinski definition) is 2. The van der Waals surface area contributed by atoms with Crippen LogP contribution < -0.4 is 11.3 Å². The molecule has 0 bridgehead atoms. The molecule has 2 nitrogen and oxygen atoms in total. The van der Waals surface area contributed by atoms with Crippen molar-refractivity contribution in [3.8, 4) is 0 Å². The van der Waals surface area contributed by atoms with Crippen molar-refractivity contribution in [3.05, 3.63) is 71.0 Å². The molecule has 0 aromatic heterocycles. The third-order valence-corrected chi connectivity index (χ3v) is 2.64. The molecule has 0 amide bonds. The largest absolute Gasteiger partial charge is 0.271 e. The Hall–Kier alpha value is -1.85. The first-order chi connectivity index (χ1) is 8.61. The highest BCUT2D eigenvalue weighted by molar-refractivity contribution is 5.33. The zero-order valence-corrected chi connectivity index (χ0v) is 9.33. The summed E-state index contributed by atoms with van der Waals surface area (Å²) in [4.78, 5) is 0. The second-order valence-corrected chi connectivity index (χ2v) is 3.82. The first-order valence-corrected chi connectivity index (χ1v) is 5.28. The van der Waals surface area contributed by atoms with Crippen LogP contribution in [0.3, 0.4) is 0 Å². The summed E-state index contributed by atoms with van der Waals surface area (Å²) in [6.07, 6.45) is 0. The monoisotopic (exact) mass is 252 g/mol. The van der Waals surface area contributed by atoms with Crippen LogP contribution in [-0.4, -0.2) is 0 Å². The van der Waals surface area contributed by atoms with Gasteiger partial charge < -0.3 is 0 Å². The molecule has 0 aliphatic heterocycles. The van der Waals surface area contributed by atoms with Crippen molar-refractivity contribution < 1.29 is 13.2 Å². The van der Waals surface area contributed by atoms with Crippen LogP contribution in [0, 0.1) is 17.5 Å². The van der Waals surface area contributed by atoms with E-state index >= 15 is 0 Å². The van der Waals surface area contributed by atoms with Crippen LogP contribution in [0.4, 0.5) is 13.2 Å². The molecular weight excluding hydrogens is 241 g/mol. The van der Waals surface area contributed by atoms with E-state index < -0.39 is 23.5 Å². The topological polar surface area (TPSA) is 38.0 Å². The molecule has 1 unspecified atom stereocenters. The molecule has 2 rings (SSSR count). The van der Waals surface area contributed by atoms with Gasteiger partial charge in [0.05, 0.1) is 6.04 Å². The predicted octanol–water partition coefficient (Wildman–Crippen LogP) is 2.66. The quantitative estimate of drug-likeness (QED) is 0.651. The average molecular weight is 252 g/mol. The molecule has 2 aromatic rings. The van der Waals surface area contributed by atoms with Gasteiger partial charge in [-0.25, -0.2) is 18.6 Å². The van der Waals surface area contributed by atoms with E-state index in [4.69, 9.17) is 5.84 Å². The highest BCUT2D eigenvalue weighted by atomic mass is 19.1. The number of rotatable bonds is 3. The van der Waals surface area contributed by atoms with Gasteiger partial charge in [0.25, 0.3) is 0 Å². The van der Waals surface area contributed by atoms with Crippen molar-refractivity contribution in [2.24, 2.45) is 5.84 Å². The molecular formula is C13H11F3N2.